The van der Waals surface area contributed by atoms with E-state index in [9.17, 15) is 15.0 Å². The van der Waals surface area contributed by atoms with E-state index in [1.807, 2.05) is 0 Å². The van der Waals surface area contributed by atoms with Crippen LogP contribution >= 0.6 is 11.6 Å². The van der Waals surface area contributed by atoms with Crippen LogP contribution in [0, 0.1) is 6.92 Å². The van der Waals surface area contributed by atoms with Gasteiger partial charge in [0.1, 0.15) is 11.5 Å². The summed E-state index contributed by atoms with van der Waals surface area (Å²) in [5.74, 6) is -0.520. The average molecular weight is 299 g/mol. The molecule has 1 saturated carbocycles. The monoisotopic (exact) mass is 298 g/mol. The summed E-state index contributed by atoms with van der Waals surface area (Å²) in [5, 5.41) is 20.4. The molecule has 1 aliphatic carbocycles. The standard InChI is InChI=1S/C15H19ClO4/c1-9-12(17)10(8-11(16)13(9)20-2)15(14(18)19)6-4-3-5-7-15/h8,17H,3-7H2,1-2H3,(H,18,19). The molecule has 0 amide bonds. The smallest absolute Gasteiger partial charge is 0.314 e. The molecule has 2 rings (SSSR count). The highest BCUT2D eigenvalue weighted by molar-refractivity contribution is 6.32. The van der Waals surface area contributed by atoms with E-state index in [1.54, 1.807) is 13.0 Å². The van der Waals surface area contributed by atoms with Crippen LogP contribution in [-0.2, 0) is 10.2 Å². The second kappa shape index (κ2) is 5.52. The number of carboxylic acid groups (broad SMARTS) is 1. The number of phenolic OH excluding ortho intramolecular Hbond substituents is 1. The van der Waals surface area contributed by atoms with Crippen molar-refractivity contribution in [1.82, 2.24) is 0 Å². The lowest BCUT2D eigenvalue weighted by Crippen LogP contribution is -2.38. The number of methoxy groups -OCH3 is 1. The van der Waals surface area contributed by atoms with Gasteiger partial charge in [0.05, 0.1) is 17.5 Å². The van der Waals surface area contributed by atoms with Gasteiger partial charge in [-0.25, -0.2) is 0 Å². The van der Waals surface area contributed by atoms with Crippen LogP contribution in [0.1, 0.15) is 43.2 Å². The number of rotatable bonds is 3. The van der Waals surface area contributed by atoms with Gasteiger partial charge in [-0.15, -0.1) is 0 Å². The second-order valence-corrected chi connectivity index (χ2v) is 5.77. The molecule has 0 atom stereocenters. The van der Waals surface area contributed by atoms with E-state index in [-0.39, 0.29) is 5.75 Å². The van der Waals surface area contributed by atoms with Gasteiger partial charge < -0.3 is 14.9 Å². The molecule has 1 fully saturated rings. The van der Waals surface area contributed by atoms with Gasteiger partial charge in [0.15, 0.2) is 0 Å². The Labute approximate surface area is 123 Å². The molecular weight excluding hydrogens is 280 g/mol. The number of hydrogen-bond donors (Lipinski definition) is 2. The van der Waals surface area contributed by atoms with E-state index in [0.717, 1.165) is 19.3 Å². The molecule has 4 nitrogen and oxygen atoms in total. The summed E-state index contributed by atoms with van der Waals surface area (Å²) < 4.78 is 5.15. The van der Waals surface area contributed by atoms with Crippen molar-refractivity contribution in [3.63, 3.8) is 0 Å². The van der Waals surface area contributed by atoms with Gasteiger partial charge in [-0.3, -0.25) is 4.79 Å². The fraction of sp³-hybridized carbons (Fsp3) is 0.533. The second-order valence-electron chi connectivity index (χ2n) is 5.36. The van der Waals surface area contributed by atoms with Gasteiger partial charge >= 0.3 is 5.97 Å². The van der Waals surface area contributed by atoms with E-state index in [2.05, 4.69) is 0 Å². The lowest BCUT2D eigenvalue weighted by atomic mass is 9.69. The molecule has 0 saturated heterocycles. The lowest BCUT2D eigenvalue weighted by molar-refractivity contribution is -0.145. The molecule has 0 spiro atoms. The number of phenols is 1. The van der Waals surface area contributed by atoms with Gasteiger partial charge in [-0.2, -0.15) is 0 Å². The van der Waals surface area contributed by atoms with Gasteiger partial charge in [-0.1, -0.05) is 30.9 Å². The predicted octanol–water partition coefficient (Wildman–Crippen LogP) is 3.65. The maximum atomic E-state index is 11.8. The molecule has 0 heterocycles. The minimum atomic E-state index is -1.04. The zero-order chi connectivity index (χ0) is 14.9. The SMILES string of the molecule is COc1c(Cl)cc(C2(C(=O)O)CCCCC2)c(O)c1C. The number of benzene rings is 1. The molecule has 0 unspecified atom stereocenters. The lowest BCUT2D eigenvalue weighted by Gasteiger charge is -2.34. The maximum absolute atomic E-state index is 11.8. The van der Waals surface area contributed by atoms with E-state index < -0.39 is 11.4 Å². The highest BCUT2D eigenvalue weighted by Crippen LogP contribution is 2.48. The van der Waals surface area contributed by atoms with Crippen LogP contribution in [0.2, 0.25) is 5.02 Å². The van der Waals surface area contributed by atoms with Crippen LogP contribution in [-0.4, -0.2) is 23.3 Å². The summed E-state index contributed by atoms with van der Waals surface area (Å²) in [7, 11) is 1.47. The van der Waals surface area contributed by atoms with E-state index in [1.165, 1.54) is 7.11 Å². The van der Waals surface area contributed by atoms with Crippen molar-refractivity contribution < 1.29 is 19.7 Å². The van der Waals surface area contributed by atoms with Crippen molar-refractivity contribution in [3.8, 4) is 11.5 Å². The average Bonchev–Trinajstić information content (AvgIpc) is 2.44. The Balaban J connectivity index is 2.63. The number of hydrogen-bond acceptors (Lipinski definition) is 3. The number of carboxylic acids is 1. The summed E-state index contributed by atoms with van der Waals surface area (Å²) in [6.07, 6.45) is 3.76. The third-order valence-corrected chi connectivity index (χ3v) is 4.56. The molecule has 0 bridgehead atoms. The van der Waals surface area contributed by atoms with Crippen molar-refractivity contribution in [2.45, 2.75) is 44.4 Å². The number of carbonyl (C=O) groups is 1. The van der Waals surface area contributed by atoms with Gasteiger partial charge in [0.2, 0.25) is 0 Å². The maximum Gasteiger partial charge on any atom is 0.314 e. The van der Waals surface area contributed by atoms with Gasteiger partial charge in [0, 0.05) is 11.1 Å². The number of aliphatic carboxylic acids is 1. The molecular formula is C15H19ClO4. The minimum absolute atomic E-state index is 0.0180. The van der Waals surface area contributed by atoms with Crippen molar-refractivity contribution >= 4 is 17.6 Å². The Morgan fingerprint density at radius 3 is 2.45 bits per heavy atom. The Kier molecular flexibility index (Phi) is 4.14. The van der Waals surface area contributed by atoms with E-state index in [0.29, 0.717) is 34.7 Å². The first-order valence-corrected chi connectivity index (χ1v) is 7.12. The first kappa shape index (κ1) is 15.0. The fourth-order valence-electron chi connectivity index (χ4n) is 3.12. The topological polar surface area (TPSA) is 66.8 Å². The molecule has 1 aromatic rings. The molecule has 20 heavy (non-hydrogen) atoms. The molecule has 1 aliphatic rings. The van der Waals surface area contributed by atoms with Crippen LogP contribution in [0.5, 0.6) is 11.5 Å². The summed E-state index contributed by atoms with van der Waals surface area (Å²) in [6.45, 7) is 1.68. The van der Waals surface area contributed by atoms with Crippen LogP contribution in [0.4, 0.5) is 0 Å². The molecule has 110 valence electrons. The Hall–Kier alpha value is -1.42. The number of ether oxygens (including phenoxy) is 1. The largest absolute Gasteiger partial charge is 0.507 e. The van der Waals surface area contributed by atoms with Crippen LogP contribution in [0.3, 0.4) is 0 Å². The minimum Gasteiger partial charge on any atom is -0.507 e. The molecule has 1 aromatic carbocycles. The predicted molar refractivity (Wildman–Crippen MR) is 76.8 cm³/mol. The summed E-state index contributed by atoms with van der Waals surface area (Å²) >= 11 is 6.16. The molecule has 5 heteroatoms. The van der Waals surface area contributed by atoms with Crippen molar-refractivity contribution in [1.29, 1.82) is 0 Å². The quantitative estimate of drug-likeness (QED) is 0.894. The molecule has 0 radical (unpaired) electrons. The molecule has 2 N–H and O–H groups in total. The number of halogens is 1. The fourth-order valence-corrected chi connectivity index (χ4v) is 3.45. The normalized spacial score (nSPS) is 17.8. The van der Waals surface area contributed by atoms with Crippen LogP contribution in [0.25, 0.3) is 0 Å². The highest BCUT2D eigenvalue weighted by atomic mass is 35.5. The summed E-state index contributed by atoms with van der Waals surface area (Å²) in [5.41, 5.74) is -0.141. The first-order valence-electron chi connectivity index (χ1n) is 6.74. The zero-order valence-electron chi connectivity index (χ0n) is 11.7. The zero-order valence-corrected chi connectivity index (χ0v) is 12.5. The highest BCUT2D eigenvalue weighted by Gasteiger charge is 2.44. The van der Waals surface area contributed by atoms with Crippen molar-refractivity contribution in [2.75, 3.05) is 7.11 Å². The third-order valence-electron chi connectivity index (χ3n) is 4.28. The van der Waals surface area contributed by atoms with E-state index >= 15 is 0 Å². The Morgan fingerprint density at radius 1 is 1.35 bits per heavy atom. The first-order chi connectivity index (χ1) is 9.44. The van der Waals surface area contributed by atoms with Gasteiger partial charge in [-0.05, 0) is 25.8 Å². The van der Waals surface area contributed by atoms with Crippen molar-refractivity contribution in [3.05, 3.63) is 22.2 Å². The Bertz CT molecular complexity index is 533. The van der Waals surface area contributed by atoms with Crippen molar-refractivity contribution in [2.24, 2.45) is 0 Å². The van der Waals surface area contributed by atoms with E-state index in [4.69, 9.17) is 16.3 Å². The molecule has 0 aromatic heterocycles. The molecule has 0 aliphatic heterocycles. The van der Waals surface area contributed by atoms with Crippen LogP contribution in [0.15, 0.2) is 6.07 Å². The third kappa shape index (κ3) is 2.22. The number of aromatic hydroxyl groups is 1. The van der Waals surface area contributed by atoms with Crippen LogP contribution < -0.4 is 4.74 Å². The Morgan fingerprint density at radius 2 is 1.95 bits per heavy atom. The summed E-state index contributed by atoms with van der Waals surface area (Å²) in [4.78, 5) is 11.8. The van der Waals surface area contributed by atoms with Gasteiger partial charge in [0.25, 0.3) is 0 Å². The summed E-state index contributed by atoms with van der Waals surface area (Å²) in [6, 6.07) is 1.54.